The van der Waals surface area contributed by atoms with E-state index in [0.29, 0.717) is 11.4 Å². The first-order valence-corrected chi connectivity index (χ1v) is 6.04. The molecule has 0 saturated carbocycles. The molecule has 7 nitrogen and oxygen atoms in total. The Morgan fingerprint density at radius 1 is 1.50 bits per heavy atom. The molecule has 0 aliphatic rings. The molecular formula is C13H14N4O3. The molecule has 0 spiro atoms. The van der Waals surface area contributed by atoms with Gasteiger partial charge in [0.25, 0.3) is 5.69 Å². The van der Waals surface area contributed by atoms with E-state index in [4.69, 9.17) is 5.73 Å². The molecule has 2 N–H and O–H groups in total. The fraction of sp³-hybridized carbons (Fsp3) is 0.231. The van der Waals surface area contributed by atoms with Crippen molar-refractivity contribution in [3.63, 3.8) is 0 Å². The van der Waals surface area contributed by atoms with Crippen molar-refractivity contribution in [3.05, 3.63) is 58.2 Å². The summed E-state index contributed by atoms with van der Waals surface area (Å²) >= 11 is 0. The SMILES string of the molecule is CC(C(N)=O)n1ccnc1Cc1ccccc1[N+](=O)[O-]. The van der Waals surface area contributed by atoms with Crippen molar-refractivity contribution in [2.45, 2.75) is 19.4 Å². The topological polar surface area (TPSA) is 104 Å². The highest BCUT2D eigenvalue weighted by molar-refractivity contribution is 5.78. The van der Waals surface area contributed by atoms with E-state index in [-0.39, 0.29) is 12.1 Å². The molecule has 1 heterocycles. The highest BCUT2D eigenvalue weighted by Crippen LogP contribution is 2.21. The molecule has 1 unspecified atom stereocenters. The lowest BCUT2D eigenvalue weighted by Crippen LogP contribution is -2.25. The van der Waals surface area contributed by atoms with Crippen LogP contribution in [0.15, 0.2) is 36.7 Å². The number of carbonyl (C=O) groups is 1. The van der Waals surface area contributed by atoms with Gasteiger partial charge in [-0.05, 0) is 6.92 Å². The van der Waals surface area contributed by atoms with E-state index < -0.39 is 16.9 Å². The van der Waals surface area contributed by atoms with Crippen LogP contribution in [0.3, 0.4) is 0 Å². The summed E-state index contributed by atoms with van der Waals surface area (Å²) in [5.74, 6) is 0.0809. The van der Waals surface area contributed by atoms with E-state index in [0.717, 1.165) is 0 Å². The van der Waals surface area contributed by atoms with Gasteiger partial charge in [-0.25, -0.2) is 4.98 Å². The maximum Gasteiger partial charge on any atom is 0.273 e. The molecule has 2 aromatic rings. The van der Waals surface area contributed by atoms with Crippen LogP contribution in [0.2, 0.25) is 0 Å². The minimum atomic E-state index is -0.546. The molecule has 0 aliphatic heterocycles. The first kappa shape index (κ1) is 13.7. The van der Waals surface area contributed by atoms with Crippen LogP contribution in [-0.4, -0.2) is 20.4 Å². The number of aromatic nitrogens is 2. The smallest absolute Gasteiger partial charge is 0.273 e. The molecule has 1 aromatic carbocycles. The van der Waals surface area contributed by atoms with Crippen LogP contribution in [-0.2, 0) is 11.2 Å². The van der Waals surface area contributed by atoms with Gasteiger partial charge in [0.1, 0.15) is 11.9 Å². The lowest BCUT2D eigenvalue weighted by Gasteiger charge is -2.13. The highest BCUT2D eigenvalue weighted by atomic mass is 16.6. The average molecular weight is 274 g/mol. The summed E-state index contributed by atoms with van der Waals surface area (Å²) in [6.45, 7) is 1.66. The second-order valence-corrected chi connectivity index (χ2v) is 4.39. The van der Waals surface area contributed by atoms with Crippen LogP contribution in [0.25, 0.3) is 0 Å². The summed E-state index contributed by atoms with van der Waals surface area (Å²) in [6, 6.07) is 5.91. The summed E-state index contributed by atoms with van der Waals surface area (Å²) in [5, 5.41) is 11.0. The van der Waals surface area contributed by atoms with Crippen LogP contribution in [0.1, 0.15) is 24.4 Å². The Balaban J connectivity index is 2.35. The zero-order valence-electron chi connectivity index (χ0n) is 10.9. The Bertz CT molecular complexity index is 651. The quantitative estimate of drug-likeness (QED) is 0.657. The van der Waals surface area contributed by atoms with Gasteiger partial charge >= 0.3 is 0 Å². The normalized spacial score (nSPS) is 12.1. The van der Waals surface area contributed by atoms with Gasteiger partial charge in [-0.2, -0.15) is 0 Å². The van der Waals surface area contributed by atoms with Gasteiger partial charge in [0.2, 0.25) is 5.91 Å². The Labute approximate surface area is 115 Å². The van der Waals surface area contributed by atoms with E-state index in [1.54, 1.807) is 42.1 Å². The van der Waals surface area contributed by atoms with Crippen molar-refractivity contribution >= 4 is 11.6 Å². The Hall–Kier alpha value is -2.70. The van der Waals surface area contributed by atoms with Crippen molar-refractivity contribution in [3.8, 4) is 0 Å². The Morgan fingerprint density at radius 3 is 2.85 bits per heavy atom. The van der Waals surface area contributed by atoms with Gasteiger partial charge in [-0.3, -0.25) is 14.9 Å². The molecule has 0 aliphatic carbocycles. The third-order valence-corrected chi connectivity index (χ3v) is 3.11. The number of primary amides is 1. The molecule has 20 heavy (non-hydrogen) atoms. The molecular weight excluding hydrogens is 260 g/mol. The van der Waals surface area contributed by atoms with Crippen molar-refractivity contribution in [1.29, 1.82) is 0 Å². The summed E-state index contributed by atoms with van der Waals surface area (Å²) in [5.41, 5.74) is 5.85. The van der Waals surface area contributed by atoms with Crippen molar-refractivity contribution in [2.75, 3.05) is 0 Å². The van der Waals surface area contributed by atoms with Gasteiger partial charge in [0.15, 0.2) is 0 Å². The van der Waals surface area contributed by atoms with E-state index in [9.17, 15) is 14.9 Å². The van der Waals surface area contributed by atoms with Gasteiger partial charge in [0, 0.05) is 30.4 Å². The molecule has 0 bridgehead atoms. The first-order valence-electron chi connectivity index (χ1n) is 6.04. The lowest BCUT2D eigenvalue weighted by atomic mass is 10.1. The fourth-order valence-corrected chi connectivity index (χ4v) is 1.98. The molecule has 2 rings (SSSR count). The fourth-order valence-electron chi connectivity index (χ4n) is 1.98. The predicted molar refractivity (Wildman–Crippen MR) is 72.0 cm³/mol. The molecule has 1 atom stereocenters. The third-order valence-electron chi connectivity index (χ3n) is 3.11. The third kappa shape index (κ3) is 2.66. The standard InChI is InChI=1S/C13H14N4O3/c1-9(13(14)18)16-7-6-15-12(16)8-10-4-2-3-5-11(10)17(19)20/h2-7,9H,8H2,1H3,(H2,14,18). The number of nitrogens with two attached hydrogens (primary N) is 1. The monoisotopic (exact) mass is 274 g/mol. The number of amides is 1. The minimum absolute atomic E-state index is 0.0359. The molecule has 1 aromatic heterocycles. The van der Waals surface area contributed by atoms with Gasteiger partial charge in [-0.15, -0.1) is 0 Å². The minimum Gasteiger partial charge on any atom is -0.368 e. The van der Waals surface area contributed by atoms with E-state index >= 15 is 0 Å². The number of para-hydroxylation sites is 1. The molecule has 0 saturated heterocycles. The Morgan fingerprint density at radius 2 is 2.20 bits per heavy atom. The second kappa shape index (κ2) is 5.52. The van der Waals surface area contributed by atoms with Gasteiger partial charge < -0.3 is 10.3 Å². The number of nitro groups is 1. The first-order chi connectivity index (χ1) is 9.50. The van der Waals surface area contributed by atoms with Gasteiger partial charge in [0.05, 0.1) is 4.92 Å². The van der Waals surface area contributed by atoms with E-state index in [2.05, 4.69) is 4.98 Å². The maximum absolute atomic E-state index is 11.2. The summed E-state index contributed by atoms with van der Waals surface area (Å²) < 4.78 is 1.62. The Kier molecular flexibility index (Phi) is 3.79. The number of nitrogens with zero attached hydrogens (tertiary/aromatic N) is 3. The molecule has 104 valence electrons. The van der Waals surface area contributed by atoms with Crippen molar-refractivity contribution < 1.29 is 9.72 Å². The van der Waals surface area contributed by atoms with Crippen molar-refractivity contribution in [2.24, 2.45) is 5.73 Å². The zero-order valence-corrected chi connectivity index (χ0v) is 10.9. The van der Waals surface area contributed by atoms with Crippen LogP contribution < -0.4 is 5.73 Å². The van der Waals surface area contributed by atoms with Crippen LogP contribution in [0.5, 0.6) is 0 Å². The molecule has 7 heteroatoms. The van der Waals surface area contributed by atoms with Gasteiger partial charge in [-0.1, -0.05) is 18.2 Å². The molecule has 1 amide bonds. The second-order valence-electron chi connectivity index (χ2n) is 4.39. The number of imidazole rings is 1. The predicted octanol–water partition coefficient (Wildman–Crippen LogP) is 1.43. The van der Waals surface area contributed by atoms with Crippen LogP contribution in [0, 0.1) is 10.1 Å². The van der Waals surface area contributed by atoms with Crippen LogP contribution in [0.4, 0.5) is 5.69 Å². The van der Waals surface area contributed by atoms with E-state index in [1.165, 1.54) is 6.07 Å². The number of benzene rings is 1. The summed E-state index contributed by atoms with van der Waals surface area (Å²) in [6.07, 6.45) is 3.45. The molecule has 0 radical (unpaired) electrons. The highest BCUT2D eigenvalue weighted by Gasteiger charge is 2.18. The number of hydrogen-bond donors (Lipinski definition) is 1. The largest absolute Gasteiger partial charge is 0.368 e. The number of nitro benzene ring substituents is 1. The molecule has 0 fully saturated rings. The maximum atomic E-state index is 11.2. The lowest BCUT2D eigenvalue weighted by molar-refractivity contribution is -0.385. The number of hydrogen-bond acceptors (Lipinski definition) is 4. The summed E-state index contributed by atoms with van der Waals surface area (Å²) in [7, 11) is 0. The van der Waals surface area contributed by atoms with Crippen molar-refractivity contribution in [1.82, 2.24) is 9.55 Å². The average Bonchev–Trinajstić information content (AvgIpc) is 2.86. The zero-order chi connectivity index (χ0) is 14.7. The number of carbonyl (C=O) groups excluding carboxylic acids is 1. The summed E-state index contributed by atoms with van der Waals surface area (Å²) in [4.78, 5) is 25.9. The van der Waals surface area contributed by atoms with E-state index in [1.807, 2.05) is 0 Å². The number of rotatable bonds is 5. The van der Waals surface area contributed by atoms with Crippen LogP contribution >= 0.6 is 0 Å².